The zero-order valence-corrected chi connectivity index (χ0v) is 26.6. The van der Waals surface area contributed by atoms with E-state index in [1.165, 1.54) is 6.33 Å². The maximum Gasteiger partial charge on any atom is 0.220 e. The van der Waals surface area contributed by atoms with Crippen LogP contribution < -0.4 is 20.1 Å². The number of rotatable bonds is 11. The summed E-state index contributed by atoms with van der Waals surface area (Å²) in [6.45, 7) is 4.26. The van der Waals surface area contributed by atoms with Gasteiger partial charge >= 0.3 is 0 Å². The summed E-state index contributed by atoms with van der Waals surface area (Å²) >= 11 is 14.0. The van der Waals surface area contributed by atoms with Crippen molar-refractivity contribution in [2.75, 3.05) is 47.0 Å². The lowest BCUT2D eigenvalue weighted by Crippen LogP contribution is -2.56. The number of pyridine rings is 1. The highest BCUT2D eigenvalue weighted by Crippen LogP contribution is 2.42. The van der Waals surface area contributed by atoms with E-state index in [9.17, 15) is 4.79 Å². The molecule has 1 spiro atoms. The Kier molecular flexibility index (Phi) is 9.21. The lowest BCUT2D eigenvalue weighted by atomic mass is 9.79. The minimum absolute atomic E-state index is 0.0464. The number of benzene rings is 2. The van der Waals surface area contributed by atoms with Gasteiger partial charge < -0.3 is 25.2 Å². The van der Waals surface area contributed by atoms with E-state index in [1.807, 2.05) is 48.5 Å². The molecule has 12 heteroatoms. The molecule has 1 amide bonds. The number of nitrogens with zero attached hydrogens (tertiary/aromatic N) is 4. The summed E-state index contributed by atoms with van der Waals surface area (Å²) in [6, 6.07) is 15.4. The van der Waals surface area contributed by atoms with Crippen LogP contribution in [0.3, 0.4) is 0 Å². The molecule has 2 aromatic heterocycles. The maximum atomic E-state index is 11.7. The molecule has 0 saturated carbocycles. The van der Waals surface area contributed by atoms with Gasteiger partial charge in [0.1, 0.15) is 12.1 Å². The number of hydrogen-bond donors (Lipinski definition) is 3. The Morgan fingerprint density at radius 2 is 1.78 bits per heavy atom. The number of aromatic nitrogens is 3. The van der Waals surface area contributed by atoms with Crippen molar-refractivity contribution >= 4 is 29.1 Å². The van der Waals surface area contributed by atoms with Crippen molar-refractivity contribution in [2.24, 2.45) is 5.41 Å². The Hall–Kier alpha value is -3.80. The van der Waals surface area contributed by atoms with Gasteiger partial charge in [-0.05, 0) is 12.1 Å². The molecule has 4 heterocycles. The Morgan fingerprint density at radius 1 is 1.00 bits per heavy atom. The van der Waals surface area contributed by atoms with E-state index in [1.54, 1.807) is 14.2 Å². The summed E-state index contributed by atoms with van der Waals surface area (Å²) in [7, 11) is 3.22. The third kappa shape index (κ3) is 6.34. The maximum absolute atomic E-state index is 11.7. The first-order valence-electron chi connectivity index (χ1n) is 14.7. The average molecular weight is 650 g/mol. The molecule has 10 nitrogen and oxygen atoms in total. The Labute approximate surface area is 271 Å². The molecule has 6 rings (SSSR count). The zero-order valence-electron chi connectivity index (χ0n) is 25.1. The van der Waals surface area contributed by atoms with Crippen molar-refractivity contribution in [2.45, 2.75) is 19.5 Å². The van der Waals surface area contributed by atoms with Gasteiger partial charge in [0, 0.05) is 78.9 Å². The Bertz CT molecular complexity index is 1730. The summed E-state index contributed by atoms with van der Waals surface area (Å²) in [6.07, 6.45) is 2.08. The molecule has 0 unspecified atom stereocenters. The van der Waals surface area contributed by atoms with Gasteiger partial charge in [-0.3, -0.25) is 9.69 Å². The number of likely N-dealkylation sites (tertiary alicyclic amines) is 1. The van der Waals surface area contributed by atoms with Gasteiger partial charge in [-0.1, -0.05) is 59.6 Å². The van der Waals surface area contributed by atoms with Crippen LogP contribution in [0.2, 0.25) is 10.0 Å². The third-order valence-corrected chi connectivity index (χ3v) is 9.09. The predicted molar refractivity (Wildman–Crippen MR) is 173 cm³/mol. The molecule has 45 heavy (non-hydrogen) atoms. The van der Waals surface area contributed by atoms with Crippen LogP contribution in [-0.4, -0.2) is 77.9 Å². The fourth-order valence-electron chi connectivity index (χ4n) is 6.16. The number of halogens is 2. The van der Waals surface area contributed by atoms with Crippen LogP contribution in [0.1, 0.15) is 17.5 Å². The summed E-state index contributed by atoms with van der Waals surface area (Å²) in [5.74, 6) is 1.35. The Morgan fingerprint density at radius 3 is 2.51 bits per heavy atom. The lowest BCUT2D eigenvalue weighted by Gasteiger charge is -2.47. The topological polar surface area (TPSA) is 122 Å². The summed E-state index contributed by atoms with van der Waals surface area (Å²) in [5.41, 5.74) is 5.82. The zero-order chi connectivity index (χ0) is 31.6. The number of amides is 1. The summed E-state index contributed by atoms with van der Waals surface area (Å²) in [5, 5.41) is 16.0. The quantitative estimate of drug-likeness (QED) is 0.200. The number of nitrogens with one attached hydrogen (secondary N) is 2. The van der Waals surface area contributed by atoms with E-state index in [2.05, 4.69) is 25.5 Å². The van der Waals surface area contributed by atoms with Gasteiger partial charge in [0.15, 0.2) is 0 Å². The van der Waals surface area contributed by atoms with Crippen molar-refractivity contribution in [1.82, 2.24) is 30.5 Å². The highest BCUT2D eigenvalue weighted by molar-refractivity contribution is 6.38. The monoisotopic (exact) mass is 648 g/mol. The molecule has 2 aliphatic rings. The van der Waals surface area contributed by atoms with Crippen LogP contribution in [0.15, 0.2) is 54.9 Å². The molecule has 2 aromatic carbocycles. The molecule has 0 atom stereocenters. The Balaban J connectivity index is 1.26. The summed E-state index contributed by atoms with van der Waals surface area (Å²) < 4.78 is 11.3. The minimum Gasteiger partial charge on any atom is -0.496 e. The highest BCUT2D eigenvalue weighted by Gasteiger charge is 2.47. The fraction of sp³-hybridized carbons (Fsp3) is 0.333. The first-order chi connectivity index (χ1) is 21.8. The van der Waals surface area contributed by atoms with Crippen molar-refractivity contribution in [3.05, 3.63) is 76.0 Å². The third-order valence-electron chi connectivity index (χ3n) is 8.32. The van der Waals surface area contributed by atoms with Gasteiger partial charge in [-0.25, -0.2) is 15.0 Å². The normalized spacial score (nSPS) is 15.6. The molecule has 2 saturated heterocycles. The van der Waals surface area contributed by atoms with Crippen LogP contribution in [0.5, 0.6) is 11.6 Å². The largest absolute Gasteiger partial charge is 0.496 e. The standard InChI is InChI=1S/C33H34Cl2N6O4/c1-44-26-12-20(6-7-22(26)15-41-17-33(18-41)13-27(43)37-16-33)30-29(35)31(39-19-38-30)24-5-3-4-23(28(24)34)25-9-8-21(14-36-10-11-42)32(40-25)45-2/h3-9,12,19,36,42H,10-11,13-18H2,1-2H3,(H,37,43). The van der Waals surface area contributed by atoms with E-state index < -0.39 is 0 Å². The second kappa shape index (κ2) is 13.3. The van der Waals surface area contributed by atoms with E-state index in [0.29, 0.717) is 63.6 Å². The van der Waals surface area contributed by atoms with Crippen LogP contribution in [0.4, 0.5) is 0 Å². The smallest absolute Gasteiger partial charge is 0.220 e. The van der Waals surface area contributed by atoms with E-state index in [0.717, 1.165) is 48.6 Å². The number of methoxy groups -OCH3 is 2. The second-order valence-electron chi connectivity index (χ2n) is 11.4. The van der Waals surface area contributed by atoms with E-state index in [-0.39, 0.29) is 17.9 Å². The van der Waals surface area contributed by atoms with Crippen LogP contribution in [0.25, 0.3) is 33.8 Å². The molecule has 0 radical (unpaired) electrons. The molecular formula is C33H34Cl2N6O4. The van der Waals surface area contributed by atoms with Crippen LogP contribution in [-0.2, 0) is 17.9 Å². The molecule has 234 valence electrons. The van der Waals surface area contributed by atoms with Gasteiger partial charge in [-0.2, -0.15) is 0 Å². The molecule has 4 aromatic rings. The van der Waals surface area contributed by atoms with Gasteiger partial charge in [0.25, 0.3) is 0 Å². The van der Waals surface area contributed by atoms with E-state index in [4.69, 9.17) is 42.8 Å². The van der Waals surface area contributed by atoms with E-state index >= 15 is 0 Å². The number of carbonyl (C=O) groups is 1. The minimum atomic E-state index is 0.0464. The molecule has 0 bridgehead atoms. The lowest BCUT2D eigenvalue weighted by molar-refractivity contribution is -0.120. The summed E-state index contributed by atoms with van der Waals surface area (Å²) in [4.78, 5) is 27.8. The highest BCUT2D eigenvalue weighted by atomic mass is 35.5. The van der Waals surface area contributed by atoms with Crippen LogP contribution >= 0.6 is 23.2 Å². The average Bonchev–Trinajstić information content (AvgIpc) is 3.43. The predicted octanol–water partition coefficient (Wildman–Crippen LogP) is 4.60. The molecular weight excluding hydrogens is 615 g/mol. The van der Waals surface area contributed by atoms with Crippen molar-refractivity contribution in [3.8, 4) is 45.4 Å². The van der Waals surface area contributed by atoms with Crippen molar-refractivity contribution < 1.29 is 19.4 Å². The fourth-order valence-corrected chi connectivity index (χ4v) is 6.78. The van der Waals surface area contributed by atoms with Gasteiger partial charge in [0.2, 0.25) is 11.8 Å². The van der Waals surface area contributed by atoms with Crippen LogP contribution in [0, 0.1) is 5.41 Å². The number of aliphatic hydroxyl groups excluding tert-OH is 1. The number of ether oxygens (including phenoxy) is 2. The van der Waals surface area contributed by atoms with Gasteiger partial charge in [-0.15, -0.1) is 0 Å². The first-order valence-corrected chi connectivity index (χ1v) is 15.4. The molecule has 2 aliphatic heterocycles. The molecule has 3 N–H and O–H groups in total. The molecule has 0 aliphatic carbocycles. The number of hydrogen-bond acceptors (Lipinski definition) is 9. The van der Waals surface area contributed by atoms with Crippen molar-refractivity contribution in [1.29, 1.82) is 0 Å². The first kappa shape index (κ1) is 31.2. The molecule has 2 fully saturated rings. The number of aliphatic hydroxyl groups is 1. The van der Waals surface area contributed by atoms with Crippen molar-refractivity contribution in [3.63, 3.8) is 0 Å². The number of carbonyl (C=O) groups excluding carboxylic acids is 1. The second-order valence-corrected chi connectivity index (χ2v) is 12.2. The van der Waals surface area contributed by atoms with Gasteiger partial charge in [0.05, 0.1) is 48.0 Å². The SMILES string of the molecule is COc1cc(-c2ncnc(-c3cccc(-c4ccc(CNCCO)c(OC)n4)c3Cl)c2Cl)ccc1CN1CC2(CNC(=O)C2)C1.